The lowest BCUT2D eigenvalue weighted by Gasteiger charge is -2.22. The number of nitrogens with zero attached hydrogens (tertiary/aromatic N) is 3. The molecule has 11 rings (SSSR count). The van der Waals surface area contributed by atoms with Gasteiger partial charge in [-0.2, -0.15) is 0 Å². The number of carbonyl (C=O) groups excluding carboxylic acids is 1. The standard InChI is InChI=1S/C31H40N2.C25H28N2.C23H24N2.C19H23NO/c1-20(2)25-14-11-15-26(21(3)4)30(25)32-19-24-13-9-10-18-29(24)33-31-27(22(5)6)16-12-17-28(31)23(7)8;1-17(2)21-10-12-23(13-11-21)26-16-22-8-6-7-9-24(22)27-25-19(4)14-18(3)15-20(25)5;1-17-13-18(2)23(19(3)14-17)25-22-12-8-7-11-21(22)16-24-15-20-9-5-4-6-10-20;1-13(2)16-9-7-10-17(14(3)4)19(16)20-18-11-6-5-8-15(18)12-21/h9-23,33H,1-8H3;6-17,27H,1-5H3;4-14,16,25H,15H2,1-3H3;5-14,20H,1-4H3. The molecule has 0 bridgehead atoms. The maximum Gasteiger partial charge on any atom is 0.152 e. The number of para-hydroxylation sites is 7. The Bertz CT molecular complexity index is 4630. The molecule has 548 valence electrons. The van der Waals surface area contributed by atoms with E-state index in [9.17, 15) is 4.79 Å². The van der Waals surface area contributed by atoms with Gasteiger partial charge in [0.15, 0.2) is 6.29 Å². The summed E-state index contributed by atoms with van der Waals surface area (Å²) in [4.78, 5) is 25.6. The zero-order valence-corrected chi connectivity index (χ0v) is 66.7. The molecule has 0 aliphatic heterocycles. The number of hydrogen-bond acceptors (Lipinski definition) is 8. The van der Waals surface area contributed by atoms with E-state index in [1.54, 1.807) is 0 Å². The molecule has 11 aromatic carbocycles. The monoisotopic (exact) mass is 1410 g/mol. The Morgan fingerprint density at radius 3 is 0.972 bits per heavy atom. The minimum absolute atomic E-state index is 0.426. The fraction of sp³-hybridized carbons (Fsp3) is 0.286. The number of nitrogens with one attached hydrogen (secondary N) is 4. The summed E-state index contributed by atoms with van der Waals surface area (Å²) in [7, 11) is 0. The van der Waals surface area contributed by atoms with Crippen LogP contribution in [-0.4, -0.2) is 24.9 Å². The zero-order valence-electron chi connectivity index (χ0n) is 66.7. The van der Waals surface area contributed by atoms with Crippen LogP contribution in [0.15, 0.2) is 245 Å². The molecular weight excluding hydrogens is 1290 g/mol. The van der Waals surface area contributed by atoms with Gasteiger partial charge < -0.3 is 21.3 Å². The third kappa shape index (κ3) is 22.7. The van der Waals surface area contributed by atoms with Crippen LogP contribution < -0.4 is 21.3 Å². The van der Waals surface area contributed by atoms with Gasteiger partial charge in [-0.15, -0.1) is 0 Å². The van der Waals surface area contributed by atoms with E-state index in [0.717, 1.165) is 62.8 Å². The minimum atomic E-state index is 0.426. The highest BCUT2D eigenvalue weighted by Gasteiger charge is 2.19. The molecule has 4 N–H and O–H groups in total. The van der Waals surface area contributed by atoms with Gasteiger partial charge in [0, 0.05) is 86.4 Å². The summed E-state index contributed by atoms with van der Waals surface area (Å²) in [6, 6.07) is 79.9. The van der Waals surface area contributed by atoms with Crippen LogP contribution in [-0.2, 0) is 6.54 Å². The van der Waals surface area contributed by atoms with Crippen LogP contribution in [0.3, 0.4) is 0 Å². The van der Waals surface area contributed by atoms with Crippen molar-refractivity contribution in [1.82, 2.24) is 0 Å². The SMILES string of the molecule is CC(C)c1cccc(C(C)C)c1N=Cc1ccccc1Nc1c(C(C)C)cccc1C(C)C.CC(C)c1cccc(C(C)C)c1Nc1ccccc1C=O.Cc1cc(C)c(Nc2ccccc2C=NCc2ccccc2)c(C)c1.Cc1cc(C)c(Nc2ccccc2C=Nc2ccc(C(C)C)cc2)c(C)c1. The molecule has 8 nitrogen and oxygen atoms in total. The summed E-state index contributed by atoms with van der Waals surface area (Å²) >= 11 is 0. The number of aliphatic imine (C=N–C) groups is 3. The van der Waals surface area contributed by atoms with Crippen molar-refractivity contribution in [2.45, 2.75) is 186 Å². The van der Waals surface area contributed by atoms with E-state index in [4.69, 9.17) is 4.99 Å². The van der Waals surface area contributed by atoms with Gasteiger partial charge in [-0.3, -0.25) is 19.8 Å². The molecular formula is C98H115N7O. The maximum atomic E-state index is 11.2. The lowest BCUT2D eigenvalue weighted by Crippen LogP contribution is -2.05. The van der Waals surface area contributed by atoms with Gasteiger partial charge in [0.2, 0.25) is 0 Å². The Balaban J connectivity index is 0.000000181. The van der Waals surface area contributed by atoms with E-state index in [-0.39, 0.29) is 0 Å². The first-order valence-corrected chi connectivity index (χ1v) is 38.0. The van der Waals surface area contributed by atoms with Crippen molar-refractivity contribution in [2.24, 2.45) is 15.0 Å². The average Bonchev–Trinajstić information content (AvgIpc) is 0.816. The van der Waals surface area contributed by atoms with E-state index in [1.165, 1.54) is 95.0 Å². The first-order valence-electron chi connectivity index (χ1n) is 38.0. The molecule has 0 fully saturated rings. The van der Waals surface area contributed by atoms with E-state index in [0.29, 0.717) is 53.5 Å². The van der Waals surface area contributed by atoms with Gasteiger partial charge in [0.25, 0.3) is 0 Å². The molecule has 11 aromatic rings. The Morgan fingerprint density at radius 1 is 0.302 bits per heavy atom. The van der Waals surface area contributed by atoms with Crippen LogP contribution in [0, 0.1) is 41.5 Å². The summed E-state index contributed by atoms with van der Waals surface area (Å²) < 4.78 is 0. The molecule has 0 saturated carbocycles. The average molecular weight is 1410 g/mol. The van der Waals surface area contributed by atoms with Crippen molar-refractivity contribution >= 4 is 81.8 Å². The lowest BCUT2D eigenvalue weighted by molar-refractivity contribution is 0.112. The largest absolute Gasteiger partial charge is 0.355 e. The molecule has 0 unspecified atom stereocenters. The number of carbonyl (C=O) groups is 1. The zero-order chi connectivity index (χ0) is 76.6. The molecule has 0 amide bonds. The topological polar surface area (TPSA) is 102 Å². The smallest absolute Gasteiger partial charge is 0.152 e. The minimum Gasteiger partial charge on any atom is -0.355 e. The molecule has 0 saturated heterocycles. The van der Waals surface area contributed by atoms with Crippen LogP contribution in [0.25, 0.3) is 0 Å². The van der Waals surface area contributed by atoms with Crippen LogP contribution in [0.1, 0.15) is 243 Å². The Hall–Kier alpha value is -10.7. The van der Waals surface area contributed by atoms with Crippen molar-refractivity contribution in [2.75, 3.05) is 21.3 Å². The Kier molecular flexibility index (Phi) is 30.1. The van der Waals surface area contributed by atoms with Gasteiger partial charge in [-0.05, 0) is 192 Å². The second-order valence-corrected chi connectivity index (χ2v) is 30.1. The van der Waals surface area contributed by atoms with Crippen LogP contribution in [0.4, 0.5) is 56.9 Å². The third-order valence-electron chi connectivity index (χ3n) is 19.0. The predicted molar refractivity (Wildman–Crippen MR) is 462 cm³/mol. The number of anilines is 8. The first-order chi connectivity index (χ1) is 50.8. The highest BCUT2D eigenvalue weighted by molar-refractivity contribution is 5.93. The number of aryl methyl sites for hydroxylation is 6. The van der Waals surface area contributed by atoms with Crippen molar-refractivity contribution in [3.8, 4) is 0 Å². The van der Waals surface area contributed by atoms with Gasteiger partial charge in [-0.1, -0.05) is 296 Å². The van der Waals surface area contributed by atoms with Gasteiger partial charge in [0.05, 0.1) is 17.9 Å². The lowest BCUT2D eigenvalue weighted by atomic mass is 9.92. The molecule has 0 heterocycles. The van der Waals surface area contributed by atoms with E-state index in [1.807, 2.05) is 73.2 Å². The third-order valence-corrected chi connectivity index (χ3v) is 19.0. The van der Waals surface area contributed by atoms with E-state index in [2.05, 4.69) is 346 Å². The molecule has 106 heavy (non-hydrogen) atoms. The number of rotatable bonds is 23. The van der Waals surface area contributed by atoms with E-state index >= 15 is 0 Å². The first kappa shape index (κ1) is 81.0. The molecule has 0 aliphatic rings. The van der Waals surface area contributed by atoms with Crippen molar-refractivity contribution < 1.29 is 4.79 Å². The summed E-state index contributed by atoms with van der Waals surface area (Å²) in [5.74, 6) is 3.13. The highest BCUT2D eigenvalue weighted by atomic mass is 16.1. The maximum absolute atomic E-state index is 11.2. The molecule has 0 aromatic heterocycles. The number of hydrogen-bond donors (Lipinski definition) is 4. The molecule has 0 atom stereocenters. The molecule has 0 spiro atoms. The Morgan fingerprint density at radius 2 is 0.613 bits per heavy atom. The molecule has 0 radical (unpaired) electrons. The molecule has 0 aliphatic carbocycles. The normalized spacial score (nSPS) is 11.4. The van der Waals surface area contributed by atoms with Crippen LogP contribution >= 0.6 is 0 Å². The number of aldehydes is 1. The van der Waals surface area contributed by atoms with Gasteiger partial charge in [-0.25, -0.2) is 0 Å². The fourth-order valence-electron chi connectivity index (χ4n) is 13.3. The van der Waals surface area contributed by atoms with Crippen molar-refractivity contribution in [3.63, 3.8) is 0 Å². The van der Waals surface area contributed by atoms with Gasteiger partial charge in [0.1, 0.15) is 0 Å². The van der Waals surface area contributed by atoms with Crippen LogP contribution in [0.5, 0.6) is 0 Å². The summed E-state index contributed by atoms with van der Waals surface area (Å²) in [6.07, 6.45) is 6.82. The quantitative estimate of drug-likeness (QED) is 0.0378. The number of benzene rings is 11. The fourth-order valence-corrected chi connectivity index (χ4v) is 13.3. The second-order valence-electron chi connectivity index (χ2n) is 30.1. The van der Waals surface area contributed by atoms with Crippen molar-refractivity contribution in [3.05, 3.63) is 331 Å². The summed E-state index contributed by atoms with van der Waals surface area (Å²) in [5.41, 5.74) is 32.8. The highest BCUT2D eigenvalue weighted by Crippen LogP contribution is 2.39. The van der Waals surface area contributed by atoms with E-state index < -0.39 is 0 Å². The van der Waals surface area contributed by atoms with Crippen molar-refractivity contribution in [1.29, 1.82) is 0 Å². The summed E-state index contributed by atoms with van der Waals surface area (Å²) in [5, 5.41) is 14.5. The van der Waals surface area contributed by atoms with Crippen LogP contribution in [0.2, 0.25) is 0 Å². The van der Waals surface area contributed by atoms with Gasteiger partial charge >= 0.3 is 0 Å². The second kappa shape index (κ2) is 39.4. The predicted octanol–water partition coefficient (Wildman–Crippen LogP) is 28.4. The molecule has 8 heteroatoms. The summed E-state index contributed by atoms with van der Waals surface area (Å²) in [6.45, 7) is 44.7. The Labute approximate surface area is 636 Å².